The number of benzene rings is 2. The Hall–Kier alpha value is -3.26. The molecule has 2 heterocycles. The Morgan fingerprint density at radius 1 is 0.949 bits per heavy atom. The van der Waals surface area contributed by atoms with Crippen molar-refractivity contribution >= 4 is 11.9 Å². The van der Waals surface area contributed by atoms with E-state index in [0.717, 1.165) is 62.1 Å². The fourth-order valence-electron chi connectivity index (χ4n) is 5.59. The van der Waals surface area contributed by atoms with Gasteiger partial charge >= 0.3 is 5.97 Å². The summed E-state index contributed by atoms with van der Waals surface area (Å²) in [5.41, 5.74) is 1.75. The molecule has 1 N–H and O–H groups in total. The fourth-order valence-corrected chi connectivity index (χ4v) is 5.59. The van der Waals surface area contributed by atoms with Crippen LogP contribution < -0.4 is 14.2 Å². The summed E-state index contributed by atoms with van der Waals surface area (Å²) in [6.07, 6.45) is 4.85. The first-order chi connectivity index (χ1) is 19.0. The maximum atomic E-state index is 13.6. The van der Waals surface area contributed by atoms with Gasteiger partial charge in [-0.25, -0.2) is 0 Å². The van der Waals surface area contributed by atoms with Crippen LogP contribution in [0, 0.1) is 5.92 Å². The van der Waals surface area contributed by atoms with Gasteiger partial charge in [0.2, 0.25) is 12.7 Å². The van der Waals surface area contributed by atoms with Gasteiger partial charge in [0, 0.05) is 31.6 Å². The molecule has 2 aromatic rings. The molecule has 2 aliphatic heterocycles. The molecule has 8 heteroatoms. The van der Waals surface area contributed by atoms with Crippen LogP contribution in [0.1, 0.15) is 76.0 Å². The van der Waals surface area contributed by atoms with Crippen molar-refractivity contribution in [2.24, 2.45) is 5.92 Å². The summed E-state index contributed by atoms with van der Waals surface area (Å²) >= 11 is 0. The second-order valence-corrected chi connectivity index (χ2v) is 10.5. The zero-order valence-corrected chi connectivity index (χ0v) is 23.4. The Kier molecular flexibility index (Phi) is 10.1. The zero-order valence-electron chi connectivity index (χ0n) is 23.4. The van der Waals surface area contributed by atoms with Crippen LogP contribution in [0.3, 0.4) is 0 Å². The number of hydrogen-bond acceptors (Lipinski definition) is 6. The van der Waals surface area contributed by atoms with Gasteiger partial charge in [-0.2, -0.15) is 0 Å². The van der Waals surface area contributed by atoms with Crippen LogP contribution in [-0.2, 0) is 9.59 Å². The molecule has 3 atom stereocenters. The first-order valence-corrected chi connectivity index (χ1v) is 14.3. The molecule has 2 aliphatic rings. The molecule has 0 aliphatic carbocycles. The lowest BCUT2D eigenvalue weighted by molar-refractivity contribution is -0.144. The Morgan fingerprint density at radius 2 is 1.62 bits per heavy atom. The largest absolute Gasteiger partial charge is 0.494 e. The van der Waals surface area contributed by atoms with Crippen molar-refractivity contribution in [2.75, 3.05) is 39.6 Å². The van der Waals surface area contributed by atoms with E-state index in [-0.39, 0.29) is 25.2 Å². The summed E-state index contributed by atoms with van der Waals surface area (Å²) in [5, 5.41) is 10.5. The number of nitrogens with zero attached hydrogens (tertiary/aromatic N) is 2. The van der Waals surface area contributed by atoms with Gasteiger partial charge in [0.05, 0.1) is 19.1 Å². The third kappa shape index (κ3) is 6.85. The third-order valence-corrected chi connectivity index (χ3v) is 7.66. The molecule has 1 fully saturated rings. The number of carbonyl (C=O) groups is 2. The Labute approximate surface area is 231 Å². The highest BCUT2D eigenvalue weighted by molar-refractivity contribution is 5.79. The van der Waals surface area contributed by atoms with Gasteiger partial charge in [-0.3, -0.25) is 14.5 Å². The van der Waals surface area contributed by atoms with Crippen LogP contribution in [0.4, 0.5) is 0 Å². The molecular formula is C31H42N2O6. The van der Waals surface area contributed by atoms with Crippen LogP contribution >= 0.6 is 0 Å². The average Bonchev–Trinajstić information content (AvgIpc) is 3.56. The monoisotopic (exact) mass is 538 g/mol. The predicted octanol–water partition coefficient (Wildman–Crippen LogP) is 5.47. The Bertz CT molecular complexity index is 1100. The Morgan fingerprint density at radius 3 is 2.26 bits per heavy atom. The highest BCUT2D eigenvalue weighted by Gasteiger charge is 2.48. The lowest BCUT2D eigenvalue weighted by atomic mass is 9.82. The molecule has 0 bridgehead atoms. The van der Waals surface area contributed by atoms with Crippen molar-refractivity contribution in [3.05, 3.63) is 53.6 Å². The highest BCUT2D eigenvalue weighted by Crippen LogP contribution is 2.47. The van der Waals surface area contributed by atoms with Crippen LogP contribution in [-0.4, -0.2) is 66.4 Å². The molecule has 1 saturated heterocycles. The minimum atomic E-state index is -0.877. The summed E-state index contributed by atoms with van der Waals surface area (Å²) in [6, 6.07) is 12.9. The molecule has 0 aromatic heterocycles. The highest BCUT2D eigenvalue weighted by atomic mass is 16.7. The minimum Gasteiger partial charge on any atom is -0.494 e. The molecule has 0 saturated carbocycles. The summed E-state index contributed by atoms with van der Waals surface area (Å²) in [7, 11) is 0. The van der Waals surface area contributed by atoms with Gasteiger partial charge < -0.3 is 24.2 Å². The van der Waals surface area contributed by atoms with Gasteiger partial charge in [0.15, 0.2) is 11.5 Å². The molecular weight excluding hydrogens is 496 g/mol. The van der Waals surface area contributed by atoms with Gasteiger partial charge in [0.1, 0.15) is 5.75 Å². The first-order valence-electron chi connectivity index (χ1n) is 14.3. The van der Waals surface area contributed by atoms with Gasteiger partial charge in [-0.15, -0.1) is 0 Å². The lowest BCUT2D eigenvalue weighted by Crippen LogP contribution is -2.42. The molecule has 8 nitrogen and oxygen atoms in total. The molecule has 2 aromatic carbocycles. The van der Waals surface area contributed by atoms with E-state index >= 15 is 0 Å². The number of hydrogen-bond donors (Lipinski definition) is 1. The number of carbonyl (C=O) groups excluding carboxylic acids is 1. The lowest BCUT2D eigenvalue weighted by Gasteiger charge is -2.30. The molecule has 0 radical (unpaired) electrons. The normalized spacial score (nSPS) is 20.2. The number of fused-ring (bicyclic) bond motifs is 1. The number of amides is 1. The smallest absolute Gasteiger partial charge is 0.309 e. The van der Waals surface area contributed by atoms with Crippen molar-refractivity contribution in [3.63, 3.8) is 0 Å². The molecule has 39 heavy (non-hydrogen) atoms. The van der Waals surface area contributed by atoms with E-state index in [1.54, 1.807) is 0 Å². The van der Waals surface area contributed by atoms with Gasteiger partial charge in [-0.05, 0) is 54.7 Å². The third-order valence-electron chi connectivity index (χ3n) is 7.66. The molecule has 0 unspecified atom stereocenters. The molecule has 1 amide bonds. The number of unbranched alkanes of at least 4 members (excludes halogenated alkanes) is 2. The molecule has 0 spiro atoms. The van der Waals surface area contributed by atoms with Crippen LogP contribution in [0.2, 0.25) is 0 Å². The van der Waals surface area contributed by atoms with E-state index in [0.29, 0.717) is 24.7 Å². The SMILES string of the molecule is CCCCN(CCCC)C(=O)CN1C[C@H](c2ccc3c(c2)OCO3)[C@H](C(=O)O)[C@H]1c1ccc(OCCC)cc1. The summed E-state index contributed by atoms with van der Waals surface area (Å²) < 4.78 is 16.8. The summed E-state index contributed by atoms with van der Waals surface area (Å²) in [5.74, 6) is 0.178. The number of rotatable bonds is 14. The van der Waals surface area contributed by atoms with E-state index in [2.05, 4.69) is 25.7 Å². The fraction of sp³-hybridized carbons (Fsp3) is 0.548. The summed E-state index contributed by atoms with van der Waals surface area (Å²) in [6.45, 7) is 9.18. The maximum Gasteiger partial charge on any atom is 0.309 e. The van der Waals surface area contributed by atoms with Crippen LogP contribution in [0.25, 0.3) is 0 Å². The number of ether oxygens (including phenoxy) is 3. The van der Waals surface area contributed by atoms with Crippen molar-refractivity contribution in [1.82, 2.24) is 9.80 Å². The Balaban J connectivity index is 1.66. The molecule has 212 valence electrons. The van der Waals surface area contributed by atoms with Crippen LogP contribution in [0.5, 0.6) is 17.2 Å². The maximum absolute atomic E-state index is 13.6. The van der Waals surface area contributed by atoms with Crippen molar-refractivity contribution < 1.29 is 28.9 Å². The predicted molar refractivity (Wildman–Crippen MR) is 149 cm³/mol. The van der Waals surface area contributed by atoms with Gasteiger partial charge in [-0.1, -0.05) is 51.8 Å². The number of aliphatic carboxylic acids is 1. The van der Waals surface area contributed by atoms with E-state index < -0.39 is 17.9 Å². The van der Waals surface area contributed by atoms with E-state index in [4.69, 9.17) is 14.2 Å². The summed E-state index contributed by atoms with van der Waals surface area (Å²) in [4.78, 5) is 30.5. The number of carboxylic acids is 1. The van der Waals surface area contributed by atoms with E-state index in [9.17, 15) is 14.7 Å². The van der Waals surface area contributed by atoms with Crippen molar-refractivity contribution in [3.8, 4) is 17.2 Å². The minimum absolute atomic E-state index is 0.0558. The molecule has 4 rings (SSSR count). The van der Waals surface area contributed by atoms with E-state index in [1.807, 2.05) is 47.4 Å². The van der Waals surface area contributed by atoms with Crippen molar-refractivity contribution in [2.45, 2.75) is 64.8 Å². The zero-order chi connectivity index (χ0) is 27.8. The standard InChI is InChI=1S/C31H42N2O6/c1-4-7-15-32(16-8-5-2)28(34)20-33-19-25(23-11-14-26-27(18-23)39-21-38-26)29(31(35)36)30(33)22-9-12-24(13-10-22)37-17-6-3/h9-14,18,25,29-30H,4-8,15-17,19-21H2,1-3H3,(H,35,36)/t25-,29+,30-/m1/s1. The number of carboxylic acid groups (broad SMARTS) is 1. The van der Waals surface area contributed by atoms with Crippen molar-refractivity contribution in [1.29, 1.82) is 0 Å². The number of likely N-dealkylation sites (tertiary alicyclic amines) is 1. The first kappa shape index (κ1) is 28.7. The quantitative estimate of drug-likeness (QED) is 0.341. The van der Waals surface area contributed by atoms with Crippen LogP contribution in [0.15, 0.2) is 42.5 Å². The second kappa shape index (κ2) is 13.7. The topological polar surface area (TPSA) is 88.5 Å². The second-order valence-electron chi connectivity index (χ2n) is 10.5. The average molecular weight is 539 g/mol. The van der Waals surface area contributed by atoms with E-state index in [1.165, 1.54) is 0 Å². The van der Waals surface area contributed by atoms with Gasteiger partial charge in [0.25, 0.3) is 0 Å².